The van der Waals surface area contributed by atoms with E-state index in [1.165, 1.54) is 11.8 Å². The molecule has 3 aromatic rings. The monoisotopic (exact) mass is 426 g/mol. The van der Waals surface area contributed by atoms with E-state index >= 15 is 0 Å². The van der Waals surface area contributed by atoms with Crippen molar-refractivity contribution < 1.29 is 13.2 Å². The van der Waals surface area contributed by atoms with Crippen molar-refractivity contribution in [2.24, 2.45) is 5.73 Å². The normalized spacial score (nSPS) is 13.6. The van der Waals surface area contributed by atoms with Gasteiger partial charge >= 0.3 is 0 Å². The SMILES string of the molecule is Cc1ccc(S(=O)(=O)N[C@H](c2ccccc2)[C@@H](Sc2ccccc2)C(N)=O)cc1. The number of nitrogens with two attached hydrogens (primary N) is 1. The third-order valence-corrected chi connectivity index (χ3v) is 7.12. The van der Waals surface area contributed by atoms with Gasteiger partial charge in [0, 0.05) is 4.90 Å². The summed E-state index contributed by atoms with van der Waals surface area (Å²) < 4.78 is 28.8. The van der Waals surface area contributed by atoms with Crippen LogP contribution in [0.25, 0.3) is 0 Å². The number of aryl methyl sites for hydroxylation is 1. The van der Waals surface area contributed by atoms with Crippen molar-refractivity contribution in [1.29, 1.82) is 0 Å². The molecule has 0 unspecified atom stereocenters. The molecule has 0 saturated heterocycles. The van der Waals surface area contributed by atoms with Crippen LogP contribution >= 0.6 is 11.8 Å². The lowest BCUT2D eigenvalue weighted by Crippen LogP contribution is -2.41. The van der Waals surface area contributed by atoms with Crippen molar-refractivity contribution in [2.75, 3.05) is 0 Å². The summed E-state index contributed by atoms with van der Waals surface area (Å²) in [6, 6.07) is 24.0. The topological polar surface area (TPSA) is 89.3 Å². The number of amides is 1. The Bertz CT molecular complexity index is 1050. The van der Waals surface area contributed by atoms with E-state index in [0.29, 0.717) is 5.56 Å². The van der Waals surface area contributed by atoms with Crippen molar-refractivity contribution in [3.05, 3.63) is 96.1 Å². The molecule has 0 saturated carbocycles. The number of primary amides is 1. The van der Waals surface area contributed by atoms with Crippen molar-refractivity contribution in [1.82, 2.24) is 4.72 Å². The van der Waals surface area contributed by atoms with E-state index in [4.69, 9.17) is 5.73 Å². The zero-order valence-electron chi connectivity index (χ0n) is 15.9. The van der Waals surface area contributed by atoms with Crippen LogP contribution in [-0.2, 0) is 14.8 Å². The quantitative estimate of drug-likeness (QED) is 0.538. The minimum atomic E-state index is -3.87. The van der Waals surface area contributed by atoms with Gasteiger partial charge in [0.25, 0.3) is 0 Å². The van der Waals surface area contributed by atoms with Crippen molar-refractivity contribution >= 4 is 27.7 Å². The van der Waals surface area contributed by atoms with Crippen LogP contribution in [0, 0.1) is 6.92 Å². The van der Waals surface area contributed by atoms with Crippen molar-refractivity contribution in [3.63, 3.8) is 0 Å². The molecule has 0 aromatic heterocycles. The largest absolute Gasteiger partial charge is 0.369 e. The molecule has 29 heavy (non-hydrogen) atoms. The molecule has 0 fully saturated rings. The Labute approximate surface area is 175 Å². The number of carbonyl (C=O) groups excluding carboxylic acids is 1. The van der Waals surface area contributed by atoms with E-state index in [9.17, 15) is 13.2 Å². The van der Waals surface area contributed by atoms with E-state index in [-0.39, 0.29) is 4.90 Å². The first-order valence-electron chi connectivity index (χ1n) is 9.02. The fourth-order valence-corrected chi connectivity index (χ4v) is 5.26. The maximum absolute atomic E-state index is 13.0. The second-order valence-corrected chi connectivity index (χ2v) is 9.51. The summed E-state index contributed by atoms with van der Waals surface area (Å²) in [5, 5.41) is -0.833. The molecule has 3 rings (SSSR count). The molecule has 0 spiro atoms. The van der Waals surface area contributed by atoms with Gasteiger partial charge < -0.3 is 5.73 Å². The Balaban J connectivity index is 1.99. The average molecular weight is 427 g/mol. The van der Waals surface area contributed by atoms with Crippen LogP contribution in [0.15, 0.2) is 94.7 Å². The standard InChI is InChI=1S/C22H22N2O3S2/c1-16-12-14-19(15-13-16)29(26,27)24-20(17-8-4-2-5-9-17)21(22(23)25)28-18-10-6-3-7-11-18/h2-15,20-21,24H,1H3,(H2,23,25)/t20-,21-/m1/s1. The maximum Gasteiger partial charge on any atom is 0.241 e. The van der Waals surface area contributed by atoms with E-state index in [0.717, 1.165) is 10.5 Å². The van der Waals surface area contributed by atoms with Gasteiger partial charge in [-0.1, -0.05) is 66.2 Å². The molecule has 0 aliphatic rings. The van der Waals surface area contributed by atoms with Crippen LogP contribution in [0.3, 0.4) is 0 Å². The molecule has 3 N–H and O–H groups in total. The minimum Gasteiger partial charge on any atom is -0.369 e. The number of carbonyl (C=O) groups is 1. The number of nitrogens with one attached hydrogen (secondary N) is 1. The lowest BCUT2D eigenvalue weighted by atomic mass is 10.0. The van der Waals surface area contributed by atoms with Gasteiger partial charge in [0.1, 0.15) is 5.25 Å². The van der Waals surface area contributed by atoms with Crippen LogP contribution in [0.5, 0.6) is 0 Å². The summed E-state index contributed by atoms with van der Waals surface area (Å²) in [5.74, 6) is -0.598. The molecule has 0 heterocycles. The second-order valence-electron chi connectivity index (χ2n) is 6.58. The van der Waals surface area contributed by atoms with Crippen molar-refractivity contribution in [3.8, 4) is 0 Å². The maximum atomic E-state index is 13.0. The smallest absolute Gasteiger partial charge is 0.241 e. The Morgan fingerprint density at radius 3 is 2.00 bits per heavy atom. The highest BCUT2D eigenvalue weighted by Gasteiger charge is 2.33. The first kappa shape index (κ1) is 21.1. The molecule has 3 aromatic carbocycles. The molecule has 7 heteroatoms. The van der Waals surface area contributed by atoms with Gasteiger partial charge in [-0.25, -0.2) is 13.1 Å². The highest BCUT2D eigenvalue weighted by atomic mass is 32.2. The average Bonchev–Trinajstić information content (AvgIpc) is 2.72. The van der Waals surface area contributed by atoms with Gasteiger partial charge in [0.15, 0.2) is 0 Å². The Kier molecular flexibility index (Phi) is 6.74. The summed E-state index contributed by atoms with van der Waals surface area (Å²) in [5.41, 5.74) is 7.32. The van der Waals surface area contributed by atoms with E-state index in [1.54, 1.807) is 48.5 Å². The predicted molar refractivity (Wildman–Crippen MR) is 116 cm³/mol. The van der Waals surface area contributed by atoms with Crippen LogP contribution < -0.4 is 10.5 Å². The van der Waals surface area contributed by atoms with Gasteiger partial charge in [0.05, 0.1) is 10.9 Å². The van der Waals surface area contributed by atoms with Gasteiger partial charge in [0.2, 0.25) is 15.9 Å². The summed E-state index contributed by atoms with van der Waals surface area (Å²) in [4.78, 5) is 13.3. The highest BCUT2D eigenvalue weighted by Crippen LogP contribution is 2.33. The number of hydrogen-bond acceptors (Lipinski definition) is 4. The molecule has 150 valence electrons. The summed E-state index contributed by atoms with van der Waals surface area (Å²) in [6.07, 6.45) is 0. The fourth-order valence-electron chi connectivity index (χ4n) is 2.85. The Morgan fingerprint density at radius 1 is 0.897 bits per heavy atom. The minimum absolute atomic E-state index is 0.136. The van der Waals surface area contributed by atoms with E-state index < -0.39 is 27.2 Å². The lowest BCUT2D eigenvalue weighted by Gasteiger charge is -2.26. The third kappa shape index (κ3) is 5.47. The van der Waals surface area contributed by atoms with Crippen LogP contribution in [0.2, 0.25) is 0 Å². The third-order valence-electron chi connectivity index (χ3n) is 4.36. The van der Waals surface area contributed by atoms with Crippen molar-refractivity contribution in [2.45, 2.75) is 28.0 Å². The summed E-state index contributed by atoms with van der Waals surface area (Å²) in [7, 11) is -3.87. The van der Waals surface area contributed by atoms with E-state index in [1.807, 2.05) is 43.3 Å². The molecule has 2 atom stereocenters. The van der Waals surface area contributed by atoms with Gasteiger partial charge in [-0.2, -0.15) is 0 Å². The molecule has 5 nitrogen and oxygen atoms in total. The zero-order chi connectivity index (χ0) is 20.9. The summed E-state index contributed by atoms with van der Waals surface area (Å²) >= 11 is 1.24. The van der Waals surface area contributed by atoms with Gasteiger partial charge in [-0.15, -0.1) is 11.8 Å². The highest BCUT2D eigenvalue weighted by molar-refractivity contribution is 8.00. The molecule has 0 aliphatic heterocycles. The molecular weight excluding hydrogens is 404 g/mol. The lowest BCUT2D eigenvalue weighted by molar-refractivity contribution is -0.117. The van der Waals surface area contributed by atoms with E-state index in [2.05, 4.69) is 4.72 Å². The first-order valence-corrected chi connectivity index (χ1v) is 11.4. The molecule has 1 amide bonds. The molecule has 0 radical (unpaired) electrons. The van der Waals surface area contributed by atoms with Crippen LogP contribution in [0.1, 0.15) is 17.2 Å². The number of hydrogen-bond donors (Lipinski definition) is 2. The second kappa shape index (κ2) is 9.26. The Morgan fingerprint density at radius 2 is 1.45 bits per heavy atom. The number of rotatable bonds is 8. The number of sulfonamides is 1. The number of benzene rings is 3. The molecular formula is C22H22N2O3S2. The summed E-state index contributed by atoms with van der Waals surface area (Å²) in [6.45, 7) is 1.89. The fraction of sp³-hybridized carbons (Fsp3) is 0.136. The van der Waals surface area contributed by atoms with Gasteiger partial charge in [-0.3, -0.25) is 4.79 Å². The molecule has 0 bridgehead atoms. The Hall–Kier alpha value is -2.61. The molecule has 0 aliphatic carbocycles. The predicted octanol–water partition coefficient (Wildman–Crippen LogP) is 3.66. The number of thioether (sulfide) groups is 1. The van der Waals surface area contributed by atoms with Gasteiger partial charge in [-0.05, 0) is 36.8 Å². The zero-order valence-corrected chi connectivity index (χ0v) is 17.5. The van der Waals surface area contributed by atoms with Crippen LogP contribution in [0.4, 0.5) is 0 Å². The van der Waals surface area contributed by atoms with Crippen LogP contribution in [-0.4, -0.2) is 19.6 Å². The first-order chi connectivity index (χ1) is 13.9.